The lowest BCUT2D eigenvalue weighted by molar-refractivity contribution is -0.133. The molecule has 0 heterocycles. The summed E-state index contributed by atoms with van der Waals surface area (Å²) in [6.45, 7) is 0.676. The smallest absolute Gasteiger partial charge is 0.271 e. The van der Waals surface area contributed by atoms with Crippen LogP contribution in [-0.2, 0) is 14.8 Å². The molecule has 1 fully saturated rings. The molecule has 1 saturated carbocycles. The zero-order valence-corrected chi connectivity index (χ0v) is 22.9. The highest BCUT2D eigenvalue weighted by atomic mass is 32.2. The summed E-state index contributed by atoms with van der Waals surface area (Å²) in [4.78, 5) is 14.3. The van der Waals surface area contributed by atoms with E-state index in [9.17, 15) is 31.6 Å². The Morgan fingerprint density at radius 2 is 1.87 bits per heavy atom. The number of rotatable bonds is 11. The number of sulfonamides is 1. The minimum absolute atomic E-state index is 0.0146. The van der Waals surface area contributed by atoms with E-state index < -0.39 is 33.2 Å². The van der Waals surface area contributed by atoms with Gasteiger partial charge in [0, 0.05) is 22.8 Å². The van der Waals surface area contributed by atoms with Crippen molar-refractivity contribution in [3.05, 3.63) is 53.6 Å². The molecule has 206 valence electrons. The first-order valence-electron chi connectivity index (χ1n) is 12.2. The molecule has 0 radical (unpaired) electrons. The molecular formula is C26H31F3N4O3S2. The first kappa shape index (κ1) is 29.8. The van der Waals surface area contributed by atoms with Crippen LogP contribution in [0.25, 0.3) is 0 Å². The van der Waals surface area contributed by atoms with Crippen LogP contribution in [0.5, 0.6) is 0 Å². The molecule has 0 aromatic heterocycles. The van der Waals surface area contributed by atoms with Crippen LogP contribution in [0.15, 0.2) is 46.2 Å². The number of hydrogen-bond donors (Lipinski definition) is 2. The van der Waals surface area contributed by atoms with Crippen LogP contribution in [0.3, 0.4) is 0 Å². The van der Waals surface area contributed by atoms with Crippen molar-refractivity contribution >= 4 is 33.4 Å². The highest BCUT2D eigenvalue weighted by Gasteiger charge is 2.41. The monoisotopic (exact) mass is 568 g/mol. The molecule has 7 nitrogen and oxygen atoms in total. The Balaban J connectivity index is 1.77. The fourth-order valence-corrected chi connectivity index (χ4v) is 6.19. The number of thioether (sulfide) groups is 1. The van der Waals surface area contributed by atoms with E-state index in [1.807, 2.05) is 29.8 Å². The molecule has 1 aliphatic rings. The molecule has 0 unspecified atom stereocenters. The number of alkyl halides is 1. The third kappa shape index (κ3) is 7.88. The van der Waals surface area contributed by atoms with Crippen LogP contribution in [-0.4, -0.2) is 57.3 Å². The topological polar surface area (TPSA) is 102 Å². The summed E-state index contributed by atoms with van der Waals surface area (Å²) in [5, 5.41) is 12.9. The van der Waals surface area contributed by atoms with Crippen molar-refractivity contribution in [2.75, 3.05) is 31.7 Å². The molecule has 0 aliphatic heterocycles. The van der Waals surface area contributed by atoms with E-state index in [-0.39, 0.29) is 34.2 Å². The number of anilines is 1. The van der Waals surface area contributed by atoms with Gasteiger partial charge in [0.2, 0.25) is 0 Å². The maximum absolute atomic E-state index is 14.9. The van der Waals surface area contributed by atoms with Crippen molar-refractivity contribution in [1.82, 2.24) is 9.62 Å². The number of hydrogen-bond acceptors (Lipinski definition) is 7. The van der Waals surface area contributed by atoms with E-state index in [1.54, 1.807) is 0 Å². The van der Waals surface area contributed by atoms with E-state index in [2.05, 4.69) is 5.32 Å². The quantitative estimate of drug-likeness (QED) is 0.374. The summed E-state index contributed by atoms with van der Waals surface area (Å²) in [5.74, 6) is -2.14. The predicted octanol–water partition coefficient (Wildman–Crippen LogP) is 4.84. The number of nitrogens with one attached hydrogen (secondary N) is 2. The molecule has 0 spiro atoms. The van der Waals surface area contributed by atoms with Crippen LogP contribution in [0.1, 0.15) is 44.1 Å². The van der Waals surface area contributed by atoms with Gasteiger partial charge in [0.25, 0.3) is 15.9 Å². The molecule has 38 heavy (non-hydrogen) atoms. The zero-order chi connectivity index (χ0) is 27.9. The Morgan fingerprint density at radius 3 is 2.50 bits per heavy atom. The number of nitriles is 1. The Hall–Kier alpha value is -2.75. The summed E-state index contributed by atoms with van der Waals surface area (Å²) in [5.41, 5.74) is -1.86. The van der Waals surface area contributed by atoms with Crippen molar-refractivity contribution in [2.24, 2.45) is 0 Å². The summed E-state index contributed by atoms with van der Waals surface area (Å²) >= 11 is 1.19. The summed E-state index contributed by atoms with van der Waals surface area (Å²) in [6, 6.07) is 8.84. The lowest BCUT2D eigenvalue weighted by Crippen LogP contribution is -2.46. The number of nitrogens with zero attached hydrogens (tertiary/aromatic N) is 2. The van der Waals surface area contributed by atoms with Gasteiger partial charge in [-0.25, -0.2) is 26.3 Å². The maximum atomic E-state index is 14.9. The van der Waals surface area contributed by atoms with Crippen molar-refractivity contribution < 1.29 is 26.4 Å². The standard InChI is InChI=1S/C26H31F3N4O3S2/c1-33(2)13-10-20(17-37-24-9-6-19(27)15-22(24)28)31-23-8-7-21(14-18(23)16-30)38(35,36)32-25(34)26(29)11-4-3-5-12-26/h6-9,14-15,20,31H,3-5,10-13,17H2,1-2H3,(H,32,34)/t20-/m1/s1. The fraction of sp³-hybridized carbons (Fsp3) is 0.462. The zero-order valence-electron chi connectivity index (χ0n) is 21.3. The Bertz CT molecular complexity index is 1290. The van der Waals surface area contributed by atoms with Gasteiger partial charge in [-0.2, -0.15) is 5.26 Å². The first-order valence-corrected chi connectivity index (χ1v) is 14.7. The molecular weight excluding hydrogens is 537 g/mol. The number of halogens is 3. The average Bonchev–Trinajstić information content (AvgIpc) is 2.86. The van der Waals surface area contributed by atoms with Crippen LogP contribution in [0.2, 0.25) is 0 Å². The van der Waals surface area contributed by atoms with Crippen LogP contribution in [0, 0.1) is 23.0 Å². The molecule has 3 rings (SSSR count). The summed E-state index contributed by atoms with van der Waals surface area (Å²) in [7, 11) is -0.610. The van der Waals surface area contributed by atoms with Gasteiger partial charge in [-0.15, -0.1) is 11.8 Å². The largest absolute Gasteiger partial charge is 0.380 e. The van der Waals surface area contributed by atoms with E-state index in [4.69, 9.17) is 0 Å². The average molecular weight is 569 g/mol. The number of carbonyl (C=O) groups excluding carboxylic acids is 1. The lowest BCUT2D eigenvalue weighted by Gasteiger charge is -2.27. The third-order valence-electron chi connectivity index (χ3n) is 6.32. The van der Waals surface area contributed by atoms with Crippen molar-refractivity contribution in [3.8, 4) is 6.07 Å². The Kier molecular flexibility index (Phi) is 10.1. The number of amides is 1. The van der Waals surface area contributed by atoms with Crippen molar-refractivity contribution in [2.45, 2.75) is 60.0 Å². The molecule has 0 bridgehead atoms. The van der Waals surface area contributed by atoms with Gasteiger partial charge < -0.3 is 10.2 Å². The molecule has 12 heteroatoms. The van der Waals surface area contributed by atoms with Gasteiger partial charge in [0.1, 0.15) is 17.7 Å². The van der Waals surface area contributed by atoms with Gasteiger partial charge in [0.05, 0.1) is 16.1 Å². The molecule has 1 amide bonds. The summed E-state index contributed by atoms with van der Waals surface area (Å²) in [6.07, 6.45) is 2.35. The second-order valence-corrected chi connectivity index (χ2v) is 12.3. The molecule has 2 N–H and O–H groups in total. The van der Waals surface area contributed by atoms with Gasteiger partial charge in [-0.1, -0.05) is 6.42 Å². The van der Waals surface area contributed by atoms with Crippen molar-refractivity contribution in [3.63, 3.8) is 0 Å². The molecule has 2 aromatic carbocycles. The summed E-state index contributed by atoms with van der Waals surface area (Å²) < 4.78 is 69.8. The van der Waals surface area contributed by atoms with Crippen molar-refractivity contribution in [1.29, 1.82) is 5.26 Å². The molecule has 2 aromatic rings. The second kappa shape index (κ2) is 12.9. The maximum Gasteiger partial charge on any atom is 0.271 e. The highest BCUT2D eigenvalue weighted by molar-refractivity contribution is 7.99. The van der Waals surface area contributed by atoms with Gasteiger partial charge in [0.15, 0.2) is 5.67 Å². The predicted molar refractivity (Wildman–Crippen MR) is 141 cm³/mol. The molecule has 0 saturated heterocycles. The highest BCUT2D eigenvalue weighted by Crippen LogP contribution is 2.33. The molecule has 1 aliphatic carbocycles. The molecule has 1 atom stereocenters. The fourth-order valence-electron chi connectivity index (χ4n) is 4.13. The third-order valence-corrected chi connectivity index (χ3v) is 8.86. The van der Waals surface area contributed by atoms with E-state index in [0.29, 0.717) is 37.2 Å². The Morgan fingerprint density at radius 1 is 1.16 bits per heavy atom. The SMILES string of the molecule is CN(C)CC[C@H](CSc1ccc(F)cc1F)Nc1ccc(S(=O)(=O)NC(=O)C2(F)CCCCC2)cc1C#N. The van der Waals surface area contributed by atoms with Crippen LogP contribution >= 0.6 is 11.8 Å². The van der Waals surface area contributed by atoms with E-state index in [0.717, 1.165) is 18.6 Å². The lowest BCUT2D eigenvalue weighted by atomic mass is 9.86. The van der Waals surface area contributed by atoms with Gasteiger partial charge in [-0.3, -0.25) is 4.79 Å². The minimum atomic E-state index is -4.40. The van der Waals surface area contributed by atoms with E-state index in [1.165, 1.54) is 36.0 Å². The minimum Gasteiger partial charge on any atom is -0.380 e. The second-order valence-electron chi connectivity index (χ2n) is 9.60. The number of benzene rings is 2. The van der Waals surface area contributed by atoms with Crippen LogP contribution < -0.4 is 10.0 Å². The number of carbonyl (C=O) groups is 1. The Labute approximate surface area is 225 Å². The van der Waals surface area contributed by atoms with Gasteiger partial charge >= 0.3 is 0 Å². The van der Waals surface area contributed by atoms with Gasteiger partial charge in [-0.05, 0) is 83.1 Å². The van der Waals surface area contributed by atoms with E-state index >= 15 is 0 Å². The first-order chi connectivity index (χ1) is 17.9. The van der Waals surface area contributed by atoms with Crippen LogP contribution in [0.4, 0.5) is 18.9 Å². The normalized spacial score (nSPS) is 16.0.